The lowest BCUT2D eigenvalue weighted by Crippen LogP contribution is -2.39. The average molecular weight is 382 g/mol. The van der Waals surface area contributed by atoms with Crippen LogP contribution in [0.15, 0.2) is 24.3 Å². The second-order valence-electron chi connectivity index (χ2n) is 6.83. The highest BCUT2D eigenvalue weighted by atomic mass is 32.2. The van der Waals surface area contributed by atoms with E-state index in [0.717, 1.165) is 50.1 Å². The van der Waals surface area contributed by atoms with E-state index < -0.39 is 10.0 Å². The number of anilines is 2. The summed E-state index contributed by atoms with van der Waals surface area (Å²) in [5.41, 5.74) is 1.86. The number of sulfonamides is 1. The summed E-state index contributed by atoms with van der Waals surface area (Å²) in [6.07, 6.45) is 5.29. The van der Waals surface area contributed by atoms with Crippen molar-refractivity contribution >= 4 is 27.3 Å². The predicted molar refractivity (Wildman–Crippen MR) is 107 cm³/mol. The van der Waals surface area contributed by atoms with Gasteiger partial charge in [0, 0.05) is 43.5 Å². The Kier molecular flexibility index (Phi) is 7.46. The number of nitrogens with one attached hydrogen (secondary N) is 1. The van der Waals surface area contributed by atoms with Gasteiger partial charge in [-0.05, 0) is 51.0 Å². The number of hydrogen-bond acceptors (Lipinski definition) is 4. The molecule has 1 aliphatic carbocycles. The fourth-order valence-electron chi connectivity index (χ4n) is 3.59. The molecule has 1 N–H and O–H groups in total. The van der Waals surface area contributed by atoms with Crippen molar-refractivity contribution in [2.75, 3.05) is 36.1 Å². The first-order valence-corrected chi connectivity index (χ1v) is 11.3. The van der Waals surface area contributed by atoms with Crippen LogP contribution in [0.4, 0.5) is 11.4 Å². The molecule has 1 fully saturated rings. The number of carbonyl (C=O) groups excluding carboxylic acids is 1. The van der Waals surface area contributed by atoms with E-state index in [1.165, 1.54) is 10.6 Å². The molecule has 1 aromatic rings. The zero-order valence-electron chi connectivity index (χ0n) is 16.1. The van der Waals surface area contributed by atoms with E-state index in [4.69, 9.17) is 0 Å². The Labute approximate surface area is 157 Å². The van der Waals surface area contributed by atoms with Crippen molar-refractivity contribution in [3.8, 4) is 0 Å². The van der Waals surface area contributed by atoms with Gasteiger partial charge in [-0.2, -0.15) is 4.31 Å². The molecule has 0 atom stereocenters. The lowest BCUT2D eigenvalue weighted by molar-refractivity contribution is -0.116. The molecule has 0 heterocycles. The van der Waals surface area contributed by atoms with Gasteiger partial charge in [0.05, 0.1) is 6.26 Å². The van der Waals surface area contributed by atoms with E-state index in [9.17, 15) is 13.2 Å². The number of amides is 1. The molecule has 0 bridgehead atoms. The number of nitrogens with zero attached hydrogens (tertiary/aromatic N) is 2. The summed E-state index contributed by atoms with van der Waals surface area (Å²) in [4.78, 5) is 14.5. The molecule has 146 valence electrons. The summed E-state index contributed by atoms with van der Waals surface area (Å²) in [6.45, 7) is 6.33. The molecule has 0 radical (unpaired) electrons. The molecule has 7 heteroatoms. The molecule has 1 saturated carbocycles. The predicted octanol–water partition coefficient (Wildman–Crippen LogP) is 3.07. The van der Waals surface area contributed by atoms with Crippen molar-refractivity contribution in [3.05, 3.63) is 24.3 Å². The van der Waals surface area contributed by atoms with Gasteiger partial charge < -0.3 is 10.2 Å². The van der Waals surface area contributed by atoms with E-state index in [1.807, 2.05) is 24.3 Å². The highest BCUT2D eigenvalue weighted by Gasteiger charge is 2.29. The Morgan fingerprint density at radius 1 is 1.12 bits per heavy atom. The molecule has 1 amide bonds. The van der Waals surface area contributed by atoms with Crippen LogP contribution in [0.1, 0.15) is 46.0 Å². The highest BCUT2D eigenvalue weighted by molar-refractivity contribution is 7.88. The first-order chi connectivity index (χ1) is 12.3. The second kappa shape index (κ2) is 9.37. The minimum atomic E-state index is -3.29. The third-order valence-corrected chi connectivity index (χ3v) is 6.33. The smallest absolute Gasteiger partial charge is 0.225 e. The van der Waals surface area contributed by atoms with E-state index in [-0.39, 0.29) is 24.9 Å². The largest absolute Gasteiger partial charge is 0.372 e. The zero-order valence-corrected chi connectivity index (χ0v) is 16.9. The molecule has 0 aliphatic heterocycles. The van der Waals surface area contributed by atoms with E-state index in [2.05, 4.69) is 24.1 Å². The van der Waals surface area contributed by atoms with E-state index in [1.54, 1.807) is 0 Å². The average Bonchev–Trinajstić information content (AvgIpc) is 3.10. The molecule has 26 heavy (non-hydrogen) atoms. The lowest BCUT2D eigenvalue weighted by atomic mass is 10.2. The van der Waals surface area contributed by atoms with Gasteiger partial charge >= 0.3 is 0 Å². The Morgan fingerprint density at radius 3 is 2.19 bits per heavy atom. The number of rotatable bonds is 9. The van der Waals surface area contributed by atoms with Crippen molar-refractivity contribution in [1.29, 1.82) is 0 Å². The molecule has 0 spiro atoms. The molecule has 0 unspecified atom stereocenters. The van der Waals surface area contributed by atoms with Crippen molar-refractivity contribution in [3.63, 3.8) is 0 Å². The molecule has 1 aliphatic rings. The topological polar surface area (TPSA) is 69.7 Å². The molecule has 0 saturated heterocycles. The Morgan fingerprint density at radius 2 is 1.69 bits per heavy atom. The summed E-state index contributed by atoms with van der Waals surface area (Å²) < 4.78 is 25.6. The lowest BCUT2D eigenvalue weighted by Gasteiger charge is -2.26. The molecular formula is C19H31N3O3S. The SMILES string of the molecule is CCN(CC)c1ccc(NC(=O)CCN(C2CCCC2)S(C)(=O)=O)cc1. The minimum absolute atomic E-state index is 0.0474. The molecule has 0 aromatic heterocycles. The van der Waals surface area contributed by atoms with Crippen LogP contribution in [0.2, 0.25) is 0 Å². The van der Waals surface area contributed by atoms with Gasteiger partial charge in [-0.15, -0.1) is 0 Å². The molecule has 1 aromatic carbocycles. The molecular weight excluding hydrogens is 350 g/mol. The van der Waals surface area contributed by atoms with Gasteiger partial charge in [0.25, 0.3) is 0 Å². The van der Waals surface area contributed by atoms with Crippen molar-refractivity contribution in [2.24, 2.45) is 0 Å². The summed E-state index contributed by atoms with van der Waals surface area (Å²) in [5, 5.41) is 2.86. The Hall–Kier alpha value is -1.60. The van der Waals surface area contributed by atoms with Crippen LogP contribution >= 0.6 is 0 Å². The maximum atomic E-state index is 12.2. The first-order valence-electron chi connectivity index (χ1n) is 9.46. The van der Waals surface area contributed by atoms with Gasteiger partial charge in [0.1, 0.15) is 0 Å². The number of hydrogen-bond donors (Lipinski definition) is 1. The van der Waals surface area contributed by atoms with Gasteiger partial charge in [-0.3, -0.25) is 4.79 Å². The van der Waals surface area contributed by atoms with Gasteiger partial charge in [0.2, 0.25) is 15.9 Å². The molecule has 2 rings (SSSR count). The summed E-state index contributed by atoms with van der Waals surface area (Å²) >= 11 is 0. The Balaban J connectivity index is 1.91. The van der Waals surface area contributed by atoms with Crippen molar-refractivity contribution in [2.45, 2.75) is 52.0 Å². The normalized spacial score (nSPS) is 15.4. The van der Waals surface area contributed by atoms with E-state index >= 15 is 0 Å². The maximum absolute atomic E-state index is 12.2. The quantitative estimate of drug-likeness (QED) is 0.714. The van der Waals surface area contributed by atoms with Crippen LogP contribution in [0.5, 0.6) is 0 Å². The van der Waals surface area contributed by atoms with Crippen LogP contribution < -0.4 is 10.2 Å². The van der Waals surface area contributed by atoms with Crippen LogP contribution in [-0.4, -0.2) is 50.6 Å². The standard InChI is InChI=1S/C19H31N3O3S/c1-4-21(5-2)17-12-10-16(11-13-17)20-19(23)14-15-22(26(3,24)25)18-8-6-7-9-18/h10-13,18H,4-9,14-15H2,1-3H3,(H,20,23). The fourth-order valence-corrected chi connectivity index (χ4v) is 4.77. The number of benzene rings is 1. The highest BCUT2D eigenvalue weighted by Crippen LogP contribution is 2.25. The first kappa shape index (κ1) is 20.7. The summed E-state index contributed by atoms with van der Waals surface area (Å²) in [5.74, 6) is -0.160. The van der Waals surface area contributed by atoms with Crippen LogP contribution in [0.25, 0.3) is 0 Å². The van der Waals surface area contributed by atoms with Crippen LogP contribution in [-0.2, 0) is 14.8 Å². The van der Waals surface area contributed by atoms with Crippen molar-refractivity contribution in [1.82, 2.24) is 4.31 Å². The second-order valence-corrected chi connectivity index (χ2v) is 8.76. The summed E-state index contributed by atoms with van der Waals surface area (Å²) in [7, 11) is -3.29. The Bertz CT molecular complexity index is 678. The van der Waals surface area contributed by atoms with Crippen LogP contribution in [0.3, 0.4) is 0 Å². The fraction of sp³-hybridized carbons (Fsp3) is 0.632. The number of carbonyl (C=O) groups is 1. The zero-order chi connectivity index (χ0) is 19.2. The van der Waals surface area contributed by atoms with Gasteiger partial charge in [0.15, 0.2) is 0 Å². The van der Waals surface area contributed by atoms with Gasteiger partial charge in [-0.1, -0.05) is 12.8 Å². The summed E-state index contributed by atoms with van der Waals surface area (Å²) in [6, 6.07) is 7.80. The van der Waals surface area contributed by atoms with Crippen LogP contribution in [0, 0.1) is 0 Å². The van der Waals surface area contributed by atoms with E-state index in [0.29, 0.717) is 0 Å². The van der Waals surface area contributed by atoms with Gasteiger partial charge in [-0.25, -0.2) is 8.42 Å². The minimum Gasteiger partial charge on any atom is -0.372 e. The monoisotopic (exact) mass is 381 g/mol. The third-order valence-electron chi connectivity index (χ3n) is 5.00. The van der Waals surface area contributed by atoms with Crippen molar-refractivity contribution < 1.29 is 13.2 Å². The molecule has 6 nitrogen and oxygen atoms in total. The third kappa shape index (κ3) is 5.71. The maximum Gasteiger partial charge on any atom is 0.225 e.